The summed E-state index contributed by atoms with van der Waals surface area (Å²) in [5.41, 5.74) is 15.3. The van der Waals surface area contributed by atoms with Gasteiger partial charge in [0, 0.05) is 5.41 Å². The number of rotatable bonds is 8. The third-order valence-corrected chi connectivity index (χ3v) is 11.1. The number of hydrogen-bond donors (Lipinski definition) is 0. The topological polar surface area (TPSA) is 9.23 Å². The Labute approximate surface area is 307 Å². The van der Waals surface area contributed by atoms with Crippen molar-refractivity contribution in [2.75, 3.05) is 6.61 Å². The van der Waals surface area contributed by atoms with Crippen LogP contribution in [-0.2, 0) is 5.41 Å². The molecule has 0 N–H and O–H groups in total. The van der Waals surface area contributed by atoms with Gasteiger partial charge in [0.1, 0.15) is 5.75 Å². The Bertz CT molecular complexity index is 2520. The Morgan fingerprint density at radius 3 is 1.40 bits per heavy atom. The zero-order valence-electron chi connectivity index (χ0n) is 30.1. The molecule has 0 amide bonds. The van der Waals surface area contributed by atoms with E-state index in [1.165, 1.54) is 88.3 Å². The third kappa shape index (κ3) is 5.40. The van der Waals surface area contributed by atoms with Crippen LogP contribution in [0.5, 0.6) is 5.75 Å². The maximum absolute atomic E-state index is 5.90. The van der Waals surface area contributed by atoms with Crippen molar-refractivity contribution < 1.29 is 4.74 Å². The highest BCUT2D eigenvalue weighted by molar-refractivity contribution is 6.21. The van der Waals surface area contributed by atoms with E-state index in [9.17, 15) is 0 Å². The fourth-order valence-electron chi connectivity index (χ4n) is 8.36. The Morgan fingerprint density at radius 1 is 0.423 bits per heavy atom. The van der Waals surface area contributed by atoms with Gasteiger partial charge in [-0.3, -0.25) is 0 Å². The van der Waals surface area contributed by atoms with Crippen LogP contribution in [0.3, 0.4) is 0 Å². The molecule has 0 radical (unpaired) electrons. The van der Waals surface area contributed by atoms with Crippen molar-refractivity contribution >= 4 is 21.5 Å². The number of hydrogen-bond acceptors (Lipinski definition) is 1. The van der Waals surface area contributed by atoms with Crippen LogP contribution in [0.15, 0.2) is 164 Å². The van der Waals surface area contributed by atoms with Gasteiger partial charge < -0.3 is 4.74 Å². The minimum absolute atomic E-state index is 0.124. The highest BCUT2D eigenvalue weighted by Gasteiger charge is 2.36. The minimum Gasteiger partial charge on any atom is -0.494 e. The predicted molar refractivity (Wildman–Crippen MR) is 221 cm³/mol. The number of ether oxygens (including phenoxy) is 1. The van der Waals surface area contributed by atoms with Crippen molar-refractivity contribution in [3.05, 3.63) is 175 Å². The van der Waals surface area contributed by atoms with Crippen LogP contribution in [0.25, 0.3) is 77.2 Å². The summed E-state index contributed by atoms with van der Waals surface area (Å²) in [5, 5.41) is 5.10. The van der Waals surface area contributed by atoms with E-state index in [0.717, 1.165) is 25.2 Å². The molecule has 1 aliphatic carbocycles. The van der Waals surface area contributed by atoms with Crippen LogP contribution in [-0.4, -0.2) is 6.61 Å². The molecule has 1 aliphatic rings. The summed E-state index contributed by atoms with van der Waals surface area (Å²) in [4.78, 5) is 0. The van der Waals surface area contributed by atoms with Gasteiger partial charge in [-0.05, 0) is 119 Å². The van der Waals surface area contributed by atoms with Gasteiger partial charge in [0.15, 0.2) is 0 Å². The molecule has 0 saturated carbocycles. The molecular weight excluding hydrogens is 629 g/mol. The van der Waals surface area contributed by atoms with Gasteiger partial charge in [-0.15, -0.1) is 0 Å². The van der Waals surface area contributed by atoms with Crippen molar-refractivity contribution in [2.45, 2.75) is 39.0 Å². The van der Waals surface area contributed by atoms with Crippen LogP contribution < -0.4 is 4.74 Å². The van der Waals surface area contributed by atoms with Crippen LogP contribution in [0, 0.1) is 0 Å². The van der Waals surface area contributed by atoms with E-state index in [0.29, 0.717) is 0 Å². The fourth-order valence-corrected chi connectivity index (χ4v) is 8.36. The van der Waals surface area contributed by atoms with Gasteiger partial charge in [0.2, 0.25) is 0 Å². The molecule has 252 valence electrons. The molecule has 0 spiro atoms. The molecule has 8 aromatic rings. The Kier molecular flexibility index (Phi) is 8.01. The van der Waals surface area contributed by atoms with Crippen LogP contribution in [0.2, 0.25) is 0 Å². The number of benzene rings is 8. The molecule has 0 fully saturated rings. The van der Waals surface area contributed by atoms with Gasteiger partial charge in [-0.2, -0.15) is 0 Å². The van der Waals surface area contributed by atoms with E-state index in [1.54, 1.807) is 0 Å². The lowest BCUT2D eigenvalue weighted by atomic mass is 9.80. The monoisotopic (exact) mass is 670 g/mol. The lowest BCUT2D eigenvalue weighted by Gasteiger charge is -2.23. The molecule has 0 aromatic heterocycles. The molecule has 0 atom stereocenters. The van der Waals surface area contributed by atoms with E-state index < -0.39 is 0 Å². The Hall–Kier alpha value is -5.92. The lowest BCUT2D eigenvalue weighted by molar-refractivity contribution is 0.309. The molecule has 52 heavy (non-hydrogen) atoms. The zero-order chi connectivity index (χ0) is 35.2. The van der Waals surface area contributed by atoms with Gasteiger partial charge in [0.05, 0.1) is 6.61 Å². The summed E-state index contributed by atoms with van der Waals surface area (Å²) >= 11 is 0. The summed E-state index contributed by atoms with van der Waals surface area (Å²) < 4.78 is 5.90. The van der Waals surface area contributed by atoms with Crippen LogP contribution >= 0.6 is 0 Å². The second kappa shape index (κ2) is 13.0. The van der Waals surface area contributed by atoms with Crippen molar-refractivity contribution in [1.82, 2.24) is 0 Å². The SMILES string of the molecule is CCCCOc1ccc(-c2ccc(-c3c4ccccc4c(-c4ccc5c(c4)C(C)(C)c4cc(-c6ccccc6)ccc4-5)c4ccccc34)cc2)cc1. The molecule has 1 heteroatoms. The standard InChI is InChI=1S/C51H42O/c1-4-5-31-52-40-27-23-36(24-28-40)35-19-21-37(22-20-35)49-43-15-9-11-17-45(43)50(46-18-12-10-16-44(46)49)39-26-30-42-41-29-25-38(34-13-7-6-8-14-34)32-47(41)51(2,3)48(42)33-39/h6-30,32-33H,4-5,31H2,1-3H3. The van der Waals surface area contributed by atoms with Gasteiger partial charge >= 0.3 is 0 Å². The predicted octanol–water partition coefficient (Wildman–Crippen LogP) is 14.1. The van der Waals surface area contributed by atoms with E-state index in [1.807, 2.05) is 0 Å². The van der Waals surface area contributed by atoms with Crippen molar-refractivity contribution in [2.24, 2.45) is 0 Å². The van der Waals surface area contributed by atoms with Gasteiger partial charge in [-0.25, -0.2) is 0 Å². The molecule has 8 aromatic carbocycles. The number of unbranched alkanes of at least 4 members (excludes halogenated alkanes) is 1. The van der Waals surface area contributed by atoms with E-state index in [4.69, 9.17) is 4.74 Å². The second-order valence-electron chi connectivity index (χ2n) is 14.7. The molecular formula is C51H42O. The quantitative estimate of drug-likeness (QED) is 0.115. The highest BCUT2D eigenvalue weighted by atomic mass is 16.5. The van der Waals surface area contributed by atoms with Gasteiger partial charge in [0.25, 0.3) is 0 Å². The van der Waals surface area contributed by atoms with Gasteiger partial charge in [-0.1, -0.05) is 167 Å². The summed E-state index contributed by atoms with van der Waals surface area (Å²) in [6, 6.07) is 60.4. The largest absolute Gasteiger partial charge is 0.494 e. The second-order valence-corrected chi connectivity index (χ2v) is 14.7. The molecule has 0 aliphatic heterocycles. The Balaban J connectivity index is 1.13. The van der Waals surface area contributed by atoms with Crippen LogP contribution in [0.1, 0.15) is 44.7 Å². The minimum atomic E-state index is -0.124. The first-order valence-corrected chi connectivity index (χ1v) is 18.6. The van der Waals surface area contributed by atoms with Crippen molar-refractivity contribution in [1.29, 1.82) is 0 Å². The maximum Gasteiger partial charge on any atom is 0.119 e. The average molecular weight is 671 g/mol. The molecule has 0 heterocycles. The summed E-state index contributed by atoms with van der Waals surface area (Å²) in [6.07, 6.45) is 2.21. The maximum atomic E-state index is 5.90. The first kappa shape index (κ1) is 32.0. The smallest absolute Gasteiger partial charge is 0.119 e. The van der Waals surface area contributed by atoms with E-state index in [2.05, 4.69) is 185 Å². The first-order chi connectivity index (χ1) is 25.5. The normalized spacial score (nSPS) is 12.9. The first-order valence-electron chi connectivity index (χ1n) is 18.6. The highest BCUT2D eigenvalue weighted by Crippen LogP contribution is 2.52. The summed E-state index contributed by atoms with van der Waals surface area (Å²) in [5.74, 6) is 0.931. The van der Waals surface area contributed by atoms with Crippen molar-refractivity contribution in [3.63, 3.8) is 0 Å². The van der Waals surface area contributed by atoms with E-state index >= 15 is 0 Å². The zero-order valence-corrected chi connectivity index (χ0v) is 30.1. The summed E-state index contributed by atoms with van der Waals surface area (Å²) in [6.45, 7) is 7.72. The molecule has 0 bridgehead atoms. The molecule has 1 nitrogen and oxygen atoms in total. The molecule has 9 rings (SSSR count). The third-order valence-electron chi connectivity index (χ3n) is 11.1. The molecule has 0 unspecified atom stereocenters. The summed E-state index contributed by atoms with van der Waals surface area (Å²) in [7, 11) is 0. The molecule has 0 saturated heterocycles. The average Bonchev–Trinajstić information content (AvgIpc) is 3.42. The Morgan fingerprint density at radius 2 is 0.846 bits per heavy atom. The van der Waals surface area contributed by atoms with Crippen molar-refractivity contribution in [3.8, 4) is 61.4 Å². The number of fused-ring (bicyclic) bond motifs is 5. The van der Waals surface area contributed by atoms with E-state index in [-0.39, 0.29) is 5.41 Å². The fraction of sp³-hybridized carbons (Fsp3) is 0.137. The lowest BCUT2D eigenvalue weighted by Crippen LogP contribution is -2.15. The van der Waals surface area contributed by atoms with Crippen LogP contribution in [0.4, 0.5) is 0 Å².